The number of rotatable bonds is 5. The summed E-state index contributed by atoms with van der Waals surface area (Å²) in [7, 11) is 0. The standard InChI is InChI=1S/C12H22N2O2S/c1-3-4-5-6-13-9-10(15)14-7-12(2,16)8-17-11(9)14/h9,11,13,16H,3-8H2,1-2H3/t9?,11-,12?/m1/s1. The molecule has 0 aromatic heterocycles. The fourth-order valence-electron chi connectivity index (χ4n) is 2.38. The number of hydrogen-bond donors (Lipinski definition) is 2. The van der Waals surface area contributed by atoms with Crippen LogP contribution in [-0.2, 0) is 4.79 Å². The molecule has 0 aromatic carbocycles. The van der Waals surface area contributed by atoms with Gasteiger partial charge in [-0.2, -0.15) is 0 Å². The van der Waals surface area contributed by atoms with Crippen molar-refractivity contribution >= 4 is 17.7 Å². The minimum atomic E-state index is -0.718. The fraction of sp³-hybridized carbons (Fsp3) is 0.917. The number of nitrogens with one attached hydrogen (secondary N) is 1. The highest BCUT2D eigenvalue weighted by molar-refractivity contribution is 8.00. The molecule has 98 valence electrons. The second-order valence-corrected chi connectivity index (χ2v) is 6.41. The maximum atomic E-state index is 11.9. The average Bonchev–Trinajstić information content (AvgIpc) is 2.29. The minimum Gasteiger partial charge on any atom is -0.387 e. The molecular formula is C12H22N2O2S. The van der Waals surface area contributed by atoms with Crippen molar-refractivity contribution < 1.29 is 9.90 Å². The predicted octanol–water partition coefficient (Wildman–Crippen LogP) is 0.801. The van der Waals surface area contributed by atoms with E-state index in [-0.39, 0.29) is 17.3 Å². The lowest BCUT2D eigenvalue weighted by Gasteiger charge is -2.53. The van der Waals surface area contributed by atoms with Gasteiger partial charge < -0.3 is 15.3 Å². The first-order valence-corrected chi connectivity index (χ1v) is 7.48. The van der Waals surface area contributed by atoms with E-state index in [1.54, 1.807) is 23.6 Å². The number of unbranched alkanes of at least 4 members (excludes halogenated alkanes) is 2. The van der Waals surface area contributed by atoms with Crippen LogP contribution >= 0.6 is 11.8 Å². The second-order valence-electron chi connectivity index (χ2n) is 5.30. The highest BCUT2D eigenvalue weighted by atomic mass is 32.2. The molecule has 3 atom stereocenters. The smallest absolute Gasteiger partial charge is 0.243 e. The monoisotopic (exact) mass is 258 g/mol. The molecule has 0 bridgehead atoms. The van der Waals surface area contributed by atoms with Gasteiger partial charge in [0.2, 0.25) is 5.91 Å². The predicted molar refractivity (Wildman–Crippen MR) is 69.9 cm³/mol. The van der Waals surface area contributed by atoms with Crippen molar-refractivity contribution in [3.05, 3.63) is 0 Å². The third-order valence-electron chi connectivity index (χ3n) is 3.36. The zero-order chi connectivity index (χ0) is 12.5. The first-order chi connectivity index (χ1) is 8.05. The van der Waals surface area contributed by atoms with Crippen molar-refractivity contribution in [2.75, 3.05) is 18.8 Å². The number of β-lactam (4-membered cyclic amide) rings is 1. The summed E-state index contributed by atoms with van der Waals surface area (Å²) in [6.07, 6.45) is 3.55. The Bertz CT molecular complexity index is 296. The van der Waals surface area contributed by atoms with E-state index in [9.17, 15) is 9.90 Å². The van der Waals surface area contributed by atoms with Gasteiger partial charge in [0.25, 0.3) is 0 Å². The summed E-state index contributed by atoms with van der Waals surface area (Å²) in [5.74, 6) is 0.869. The molecule has 2 aliphatic heterocycles. The van der Waals surface area contributed by atoms with Crippen LogP contribution in [0.4, 0.5) is 0 Å². The molecular weight excluding hydrogens is 236 g/mol. The van der Waals surface area contributed by atoms with Gasteiger partial charge in [-0.3, -0.25) is 4.79 Å². The molecule has 2 unspecified atom stereocenters. The number of nitrogens with zero attached hydrogens (tertiary/aromatic N) is 1. The molecule has 2 rings (SSSR count). The van der Waals surface area contributed by atoms with Crippen LogP contribution in [0.1, 0.15) is 33.1 Å². The molecule has 2 heterocycles. The first-order valence-electron chi connectivity index (χ1n) is 6.43. The third-order valence-corrected chi connectivity index (χ3v) is 5.02. The molecule has 0 radical (unpaired) electrons. The van der Waals surface area contributed by atoms with E-state index in [0.29, 0.717) is 12.3 Å². The number of carbonyl (C=O) groups is 1. The number of carbonyl (C=O) groups excluding carboxylic acids is 1. The van der Waals surface area contributed by atoms with Gasteiger partial charge in [0, 0.05) is 5.75 Å². The normalized spacial score (nSPS) is 36.6. The van der Waals surface area contributed by atoms with Crippen LogP contribution in [0.15, 0.2) is 0 Å². The molecule has 2 saturated heterocycles. The maximum Gasteiger partial charge on any atom is 0.243 e. The molecule has 0 aliphatic carbocycles. The lowest BCUT2D eigenvalue weighted by Crippen LogP contribution is -2.73. The van der Waals surface area contributed by atoms with Crippen LogP contribution in [0, 0.1) is 0 Å². The molecule has 17 heavy (non-hydrogen) atoms. The van der Waals surface area contributed by atoms with Crippen molar-refractivity contribution in [2.45, 2.75) is 50.1 Å². The van der Waals surface area contributed by atoms with E-state index in [4.69, 9.17) is 0 Å². The number of aliphatic hydroxyl groups is 1. The average molecular weight is 258 g/mol. The Morgan fingerprint density at radius 3 is 3.06 bits per heavy atom. The van der Waals surface area contributed by atoms with E-state index < -0.39 is 5.60 Å². The topological polar surface area (TPSA) is 52.6 Å². The molecule has 2 N–H and O–H groups in total. The Kier molecular flexibility index (Phi) is 4.00. The van der Waals surface area contributed by atoms with Gasteiger partial charge in [-0.1, -0.05) is 19.8 Å². The minimum absolute atomic E-state index is 0.0204. The number of amides is 1. The maximum absolute atomic E-state index is 11.9. The summed E-state index contributed by atoms with van der Waals surface area (Å²) in [6.45, 7) is 5.38. The van der Waals surface area contributed by atoms with Crippen molar-refractivity contribution in [1.29, 1.82) is 0 Å². The first kappa shape index (κ1) is 13.2. The molecule has 5 heteroatoms. The number of thioether (sulfide) groups is 1. The Morgan fingerprint density at radius 2 is 2.35 bits per heavy atom. The number of hydrogen-bond acceptors (Lipinski definition) is 4. The fourth-order valence-corrected chi connectivity index (χ4v) is 3.76. The lowest BCUT2D eigenvalue weighted by atomic mass is 10.0. The zero-order valence-corrected chi connectivity index (χ0v) is 11.4. The van der Waals surface area contributed by atoms with Crippen molar-refractivity contribution in [1.82, 2.24) is 10.2 Å². The quantitative estimate of drug-likeness (QED) is 0.566. The van der Waals surface area contributed by atoms with Crippen molar-refractivity contribution in [2.24, 2.45) is 0 Å². The van der Waals surface area contributed by atoms with Gasteiger partial charge in [0.15, 0.2) is 0 Å². The Hall–Kier alpha value is -0.260. The van der Waals surface area contributed by atoms with Crippen LogP contribution in [0.25, 0.3) is 0 Å². The van der Waals surface area contributed by atoms with E-state index in [1.807, 2.05) is 0 Å². The van der Waals surface area contributed by atoms with Gasteiger partial charge in [-0.05, 0) is 19.9 Å². The van der Waals surface area contributed by atoms with Crippen LogP contribution in [0.5, 0.6) is 0 Å². The lowest BCUT2D eigenvalue weighted by molar-refractivity contribution is -0.151. The molecule has 2 aliphatic rings. The Labute approximate surface area is 107 Å². The summed E-state index contributed by atoms with van der Waals surface area (Å²) in [4.78, 5) is 13.7. The highest BCUT2D eigenvalue weighted by Crippen LogP contribution is 2.37. The van der Waals surface area contributed by atoms with Gasteiger partial charge in [-0.15, -0.1) is 11.8 Å². The van der Waals surface area contributed by atoms with Crippen LogP contribution in [0.2, 0.25) is 0 Å². The van der Waals surface area contributed by atoms with Gasteiger partial charge in [0.05, 0.1) is 12.1 Å². The highest BCUT2D eigenvalue weighted by Gasteiger charge is 2.52. The Balaban J connectivity index is 1.78. The van der Waals surface area contributed by atoms with E-state index in [2.05, 4.69) is 12.2 Å². The van der Waals surface area contributed by atoms with Gasteiger partial charge in [0.1, 0.15) is 11.4 Å². The molecule has 1 amide bonds. The van der Waals surface area contributed by atoms with Crippen LogP contribution in [0.3, 0.4) is 0 Å². The summed E-state index contributed by atoms with van der Waals surface area (Å²) < 4.78 is 0. The molecule has 0 saturated carbocycles. The largest absolute Gasteiger partial charge is 0.387 e. The molecule has 4 nitrogen and oxygen atoms in total. The molecule has 0 aromatic rings. The third kappa shape index (κ3) is 2.77. The second kappa shape index (κ2) is 5.16. The van der Waals surface area contributed by atoms with Gasteiger partial charge in [-0.25, -0.2) is 0 Å². The number of fused-ring (bicyclic) bond motifs is 1. The summed E-state index contributed by atoms with van der Waals surface area (Å²) >= 11 is 1.69. The zero-order valence-electron chi connectivity index (χ0n) is 10.6. The SMILES string of the molecule is CCCCCNC1C(=O)N2CC(C)(O)CS[C@H]12. The summed E-state index contributed by atoms with van der Waals surface area (Å²) in [5.41, 5.74) is -0.718. The van der Waals surface area contributed by atoms with E-state index in [1.165, 1.54) is 12.8 Å². The van der Waals surface area contributed by atoms with Crippen molar-refractivity contribution in [3.63, 3.8) is 0 Å². The van der Waals surface area contributed by atoms with Crippen LogP contribution in [-0.4, -0.2) is 51.8 Å². The van der Waals surface area contributed by atoms with Crippen molar-refractivity contribution in [3.8, 4) is 0 Å². The van der Waals surface area contributed by atoms with Crippen LogP contribution < -0.4 is 5.32 Å². The molecule has 0 spiro atoms. The van der Waals surface area contributed by atoms with E-state index >= 15 is 0 Å². The Morgan fingerprint density at radius 1 is 1.59 bits per heavy atom. The summed E-state index contributed by atoms with van der Waals surface area (Å²) in [5, 5.41) is 13.5. The summed E-state index contributed by atoms with van der Waals surface area (Å²) in [6, 6.07) is -0.0204. The molecule has 2 fully saturated rings. The van der Waals surface area contributed by atoms with Gasteiger partial charge >= 0.3 is 0 Å². The van der Waals surface area contributed by atoms with E-state index in [0.717, 1.165) is 13.0 Å².